The number of carbonyl (C=O) groups is 1. The third-order valence-electron chi connectivity index (χ3n) is 1.04. The van der Waals surface area contributed by atoms with Crippen molar-refractivity contribution in [2.45, 2.75) is 6.54 Å². The molecule has 0 spiro atoms. The summed E-state index contributed by atoms with van der Waals surface area (Å²) in [5.74, 6) is -0.985. The summed E-state index contributed by atoms with van der Waals surface area (Å²) >= 11 is 11.0. The number of rotatable bonds is 2. The standard InChI is InChI=1S/C5H4Cl2N2O2/c6-4-5(7)9(2-8-4)1-3(10)11/h2H,1H2,(H,10,11). The van der Waals surface area contributed by atoms with Crippen LogP contribution in [0.5, 0.6) is 0 Å². The van der Waals surface area contributed by atoms with Gasteiger partial charge in [-0.15, -0.1) is 0 Å². The fourth-order valence-corrected chi connectivity index (χ4v) is 0.903. The highest BCUT2D eigenvalue weighted by atomic mass is 35.5. The van der Waals surface area contributed by atoms with Crippen molar-refractivity contribution in [3.05, 3.63) is 16.6 Å². The van der Waals surface area contributed by atoms with Crippen LogP contribution in [0.15, 0.2) is 6.33 Å². The molecular formula is C5H4Cl2N2O2. The lowest BCUT2D eigenvalue weighted by Gasteiger charge is -1.96. The van der Waals surface area contributed by atoms with E-state index in [2.05, 4.69) is 4.98 Å². The average Bonchev–Trinajstić information content (AvgIpc) is 2.18. The largest absolute Gasteiger partial charge is 0.480 e. The van der Waals surface area contributed by atoms with Gasteiger partial charge in [-0.1, -0.05) is 23.2 Å². The first kappa shape index (κ1) is 8.36. The summed E-state index contributed by atoms with van der Waals surface area (Å²) in [5, 5.41) is 8.62. The van der Waals surface area contributed by atoms with E-state index in [-0.39, 0.29) is 16.9 Å². The molecule has 0 aliphatic rings. The summed E-state index contributed by atoms with van der Waals surface area (Å²) < 4.78 is 1.24. The number of carboxylic acids is 1. The van der Waals surface area contributed by atoms with Crippen LogP contribution in [0.2, 0.25) is 10.3 Å². The number of aromatic nitrogens is 2. The predicted molar refractivity (Wildman–Crippen MR) is 39.9 cm³/mol. The number of hydrogen-bond donors (Lipinski definition) is 1. The Labute approximate surface area is 72.4 Å². The molecule has 1 aromatic heterocycles. The molecule has 60 valence electrons. The predicted octanol–water partition coefficient (Wildman–Crippen LogP) is 1.27. The van der Waals surface area contributed by atoms with Crippen molar-refractivity contribution in [2.75, 3.05) is 0 Å². The van der Waals surface area contributed by atoms with E-state index in [4.69, 9.17) is 28.3 Å². The highest BCUT2D eigenvalue weighted by Crippen LogP contribution is 2.18. The van der Waals surface area contributed by atoms with Crippen molar-refractivity contribution in [1.82, 2.24) is 9.55 Å². The van der Waals surface area contributed by atoms with Crippen LogP contribution in [0.1, 0.15) is 0 Å². The molecule has 0 fully saturated rings. The number of hydrogen-bond acceptors (Lipinski definition) is 2. The highest BCUT2D eigenvalue weighted by Gasteiger charge is 2.07. The van der Waals surface area contributed by atoms with Crippen molar-refractivity contribution in [2.24, 2.45) is 0 Å². The van der Waals surface area contributed by atoms with Gasteiger partial charge in [0.05, 0.1) is 6.33 Å². The molecule has 4 nitrogen and oxygen atoms in total. The van der Waals surface area contributed by atoms with Gasteiger partial charge in [-0.05, 0) is 0 Å². The van der Waals surface area contributed by atoms with Gasteiger partial charge in [0.25, 0.3) is 0 Å². The van der Waals surface area contributed by atoms with E-state index in [1.54, 1.807) is 0 Å². The Kier molecular flexibility index (Phi) is 2.36. The van der Waals surface area contributed by atoms with Crippen molar-refractivity contribution in [3.8, 4) is 0 Å². The third-order valence-corrected chi connectivity index (χ3v) is 1.81. The van der Waals surface area contributed by atoms with Crippen LogP contribution in [0.25, 0.3) is 0 Å². The van der Waals surface area contributed by atoms with Crippen molar-refractivity contribution in [3.63, 3.8) is 0 Å². The van der Waals surface area contributed by atoms with Gasteiger partial charge in [0.2, 0.25) is 0 Å². The highest BCUT2D eigenvalue weighted by molar-refractivity contribution is 6.40. The molecule has 0 saturated carbocycles. The second-order valence-corrected chi connectivity index (χ2v) is 2.56. The fourth-order valence-electron chi connectivity index (χ4n) is 0.599. The first-order chi connectivity index (χ1) is 5.11. The Bertz CT molecular complexity index is 284. The quantitative estimate of drug-likeness (QED) is 0.772. The zero-order chi connectivity index (χ0) is 8.43. The Balaban J connectivity index is 2.87. The Morgan fingerprint density at radius 1 is 1.73 bits per heavy atom. The van der Waals surface area contributed by atoms with Crippen molar-refractivity contribution < 1.29 is 9.90 Å². The second-order valence-electron chi connectivity index (χ2n) is 1.85. The molecule has 0 atom stereocenters. The van der Waals surface area contributed by atoms with E-state index >= 15 is 0 Å². The molecule has 0 radical (unpaired) electrons. The second kappa shape index (κ2) is 3.11. The molecule has 0 bridgehead atoms. The molecule has 6 heteroatoms. The minimum atomic E-state index is -0.985. The molecule has 0 unspecified atom stereocenters. The van der Waals surface area contributed by atoms with E-state index in [1.165, 1.54) is 10.9 Å². The van der Waals surface area contributed by atoms with E-state index in [1.807, 2.05) is 0 Å². The van der Waals surface area contributed by atoms with Crippen LogP contribution < -0.4 is 0 Å². The van der Waals surface area contributed by atoms with E-state index in [9.17, 15) is 4.79 Å². The summed E-state index contributed by atoms with van der Waals surface area (Å²) in [6, 6.07) is 0. The van der Waals surface area contributed by atoms with Crippen LogP contribution >= 0.6 is 23.2 Å². The number of carboxylic acid groups (broad SMARTS) is 1. The lowest BCUT2D eigenvalue weighted by Crippen LogP contribution is -2.07. The van der Waals surface area contributed by atoms with Gasteiger partial charge >= 0.3 is 5.97 Å². The van der Waals surface area contributed by atoms with Crippen LogP contribution in [-0.2, 0) is 11.3 Å². The molecule has 1 heterocycles. The van der Waals surface area contributed by atoms with Crippen molar-refractivity contribution >= 4 is 29.2 Å². The topological polar surface area (TPSA) is 55.1 Å². The Morgan fingerprint density at radius 2 is 2.36 bits per heavy atom. The molecule has 11 heavy (non-hydrogen) atoms. The molecule has 1 N–H and O–H groups in total. The first-order valence-corrected chi connectivity index (χ1v) is 3.45. The molecule has 0 aromatic carbocycles. The SMILES string of the molecule is O=C(O)Cn1cnc(Cl)c1Cl. The van der Waals surface area contributed by atoms with Gasteiger partial charge in [0.1, 0.15) is 11.7 Å². The van der Waals surface area contributed by atoms with Crippen LogP contribution in [0, 0.1) is 0 Å². The van der Waals surface area contributed by atoms with E-state index in [0.717, 1.165) is 0 Å². The molecule has 1 rings (SSSR count). The Hall–Kier alpha value is -0.740. The first-order valence-electron chi connectivity index (χ1n) is 2.69. The number of imidazole rings is 1. The normalized spacial score (nSPS) is 10.0. The number of halogens is 2. The van der Waals surface area contributed by atoms with Crippen LogP contribution in [0.3, 0.4) is 0 Å². The number of nitrogens with zero attached hydrogens (tertiary/aromatic N) is 2. The average molecular weight is 195 g/mol. The lowest BCUT2D eigenvalue weighted by atomic mass is 10.6. The van der Waals surface area contributed by atoms with Gasteiger partial charge in [-0.25, -0.2) is 4.98 Å². The van der Waals surface area contributed by atoms with Crippen molar-refractivity contribution in [1.29, 1.82) is 0 Å². The molecule has 0 aliphatic carbocycles. The molecular weight excluding hydrogens is 191 g/mol. The molecule has 0 aliphatic heterocycles. The third kappa shape index (κ3) is 1.85. The number of aliphatic carboxylic acids is 1. The summed E-state index contributed by atoms with van der Waals surface area (Å²) in [7, 11) is 0. The minimum absolute atomic E-state index is 0.118. The summed E-state index contributed by atoms with van der Waals surface area (Å²) in [4.78, 5) is 13.8. The molecule has 0 saturated heterocycles. The monoisotopic (exact) mass is 194 g/mol. The summed E-state index contributed by atoms with van der Waals surface area (Å²) in [6.07, 6.45) is 1.28. The smallest absolute Gasteiger partial charge is 0.323 e. The lowest BCUT2D eigenvalue weighted by molar-refractivity contribution is -0.137. The van der Waals surface area contributed by atoms with Gasteiger partial charge in [0, 0.05) is 0 Å². The minimum Gasteiger partial charge on any atom is -0.480 e. The maximum Gasteiger partial charge on any atom is 0.323 e. The Morgan fingerprint density at radius 3 is 2.73 bits per heavy atom. The van der Waals surface area contributed by atoms with Crippen LogP contribution in [-0.4, -0.2) is 20.6 Å². The zero-order valence-corrected chi connectivity index (χ0v) is 6.80. The van der Waals surface area contributed by atoms with Gasteiger partial charge in [-0.3, -0.25) is 4.79 Å². The summed E-state index contributed by atoms with van der Waals surface area (Å²) in [6.45, 7) is -0.224. The molecule has 0 amide bonds. The zero-order valence-electron chi connectivity index (χ0n) is 5.29. The van der Waals surface area contributed by atoms with Gasteiger partial charge < -0.3 is 9.67 Å². The van der Waals surface area contributed by atoms with E-state index < -0.39 is 5.97 Å². The fraction of sp³-hybridized carbons (Fsp3) is 0.200. The maximum absolute atomic E-state index is 10.2. The van der Waals surface area contributed by atoms with Gasteiger partial charge in [-0.2, -0.15) is 0 Å². The van der Waals surface area contributed by atoms with Gasteiger partial charge in [0.15, 0.2) is 5.15 Å². The maximum atomic E-state index is 10.2. The van der Waals surface area contributed by atoms with E-state index in [0.29, 0.717) is 0 Å². The molecule has 1 aromatic rings. The van der Waals surface area contributed by atoms with Crippen LogP contribution in [0.4, 0.5) is 0 Å². The summed E-state index contributed by atoms with van der Waals surface area (Å²) in [5.41, 5.74) is 0.